The van der Waals surface area contributed by atoms with E-state index in [4.69, 9.17) is 0 Å². The zero-order valence-electron chi connectivity index (χ0n) is 24.3. The van der Waals surface area contributed by atoms with Crippen molar-refractivity contribution < 1.29 is 22.9 Å². The molecule has 0 spiro atoms. The highest BCUT2D eigenvalue weighted by Gasteiger charge is 2.39. The van der Waals surface area contributed by atoms with Crippen molar-refractivity contribution in [3.63, 3.8) is 0 Å². The third kappa shape index (κ3) is 7.51. The van der Waals surface area contributed by atoms with Gasteiger partial charge in [-0.05, 0) is 79.7 Å². The monoisotopic (exact) mass is 574 g/mol. The molecule has 10 heteroatoms. The van der Waals surface area contributed by atoms with Gasteiger partial charge in [0, 0.05) is 48.5 Å². The van der Waals surface area contributed by atoms with E-state index in [9.17, 15) is 28.1 Å². The lowest BCUT2D eigenvalue weighted by Gasteiger charge is -2.40. The van der Waals surface area contributed by atoms with Crippen molar-refractivity contribution >= 4 is 23.0 Å². The van der Waals surface area contributed by atoms with Crippen LogP contribution in [0.3, 0.4) is 0 Å². The van der Waals surface area contributed by atoms with Gasteiger partial charge in [-0.25, -0.2) is 0 Å². The SMILES string of the molecule is CC1(C(=O)NC[C@H]2CC[C@H](Nc3ccc([N+](=O)[O-])c(C(F)(F)F)c3)CC2)CCN(c2ccc(C(C)(C)C)cc2)CC1. The van der Waals surface area contributed by atoms with Gasteiger partial charge in [0.1, 0.15) is 5.56 Å². The van der Waals surface area contributed by atoms with Crippen molar-refractivity contribution in [1.29, 1.82) is 0 Å². The highest BCUT2D eigenvalue weighted by Crippen LogP contribution is 2.39. The summed E-state index contributed by atoms with van der Waals surface area (Å²) in [6.07, 6.45) is -0.0608. The molecule has 2 N–H and O–H groups in total. The topological polar surface area (TPSA) is 87.5 Å². The van der Waals surface area contributed by atoms with E-state index < -0.39 is 27.8 Å². The summed E-state index contributed by atoms with van der Waals surface area (Å²) in [6.45, 7) is 10.9. The summed E-state index contributed by atoms with van der Waals surface area (Å²) in [5.41, 5.74) is 0.221. The molecule has 0 atom stereocenters. The minimum absolute atomic E-state index is 0.0243. The largest absolute Gasteiger partial charge is 0.423 e. The van der Waals surface area contributed by atoms with Crippen LogP contribution < -0.4 is 15.5 Å². The number of hydrogen-bond acceptors (Lipinski definition) is 5. The number of amides is 1. The number of nitrogens with zero attached hydrogens (tertiary/aromatic N) is 2. The fourth-order valence-corrected chi connectivity index (χ4v) is 5.87. The number of carbonyl (C=O) groups excluding carboxylic acids is 1. The van der Waals surface area contributed by atoms with Crippen molar-refractivity contribution in [3.8, 4) is 0 Å². The molecule has 1 heterocycles. The number of carbonyl (C=O) groups is 1. The van der Waals surface area contributed by atoms with E-state index in [0.29, 0.717) is 12.5 Å². The van der Waals surface area contributed by atoms with Crippen molar-refractivity contribution in [1.82, 2.24) is 5.32 Å². The minimum atomic E-state index is -4.80. The number of benzene rings is 2. The van der Waals surface area contributed by atoms with E-state index in [-0.39, 0.29) is 23.1 Å². The molecule has 1 saturated heterocycles. The Labute approximate surface area is 240 Å². The van der Waals surface area contributed by atoms with Crippen molar-refractivity contribution in [2.75, 3.05) is 29.9 Å². The molecule has 0 unspecified atom stereocenters. The predicted molar refractivity (Wildman–Crippen MR) is 155 cm³/mol. The lowest BCUT2D eigenvalue weighted by Crippen LogP contribution is -2.48. The number of hydrogen-bond donors (Lipinski definition) is 2. The van der Waals surface area contributed by atoms with Crippen LogP contribution >= 0.6 is 0 Å². The summed E-state index contributed by atoms with van der Waals surface area (Å²) in [5, 5.41) is 17.3. The Bertz CT molecular complexity index is 1220. The molecule has 2 fully saturated rings. The fraction of sp³-hybridized carbons (Fsp3) is 0.581. The van der Waals surface area contributed by atoms with Crippen LogP contribution in [0.4, 0.5) is 30.2 Å². The molecule has 41 heavy (non-hydrogen) atoms. The molecular formula is C31H41F3N4O3. The van der Waals surface area contributed by atoms with E-state index in [1.807, 2.05) is 6.92 Å². The zero-order valence-corrected chi connectivity index (χ0v) is 24.3. The van der Waals surface area contributed by atoms with E-state index in [1.54, 1.807) is 0 Å². The summed E-state index contributed by atoms with van der Waals surface area (Å²) in [6, 6.07) is 11.7. The van der Waals surface area contributed by atoms with Gasteiger partial charge in [0.05, 0.1) is 4.92 Å². The summed E-state index contributed by atoms with van der Waals surface area (Å²) in [4.78, 5) is 25.5. The third-order valence-corrected chi connectivity index (χ3v) is 8.78. The van der Waals surface area contributed by atoms with E-state index in [2.05, 4.69) is 60.6 Å². The Kier molecular flexibility index (Phi) is 8.90. The molecule has 1 saturated carbocycles. The molecule has 2 aromatic carbocycles. The molecule has 1 aliphatic carbocycles. The van der Waals surface area contributed by atoms with E-state index in [1.165, 1.54) is 17.3 Å². The van der Waals surface area contributed by atoms with E-state index >= 15 is 0 Å². The Morgan fingerprint density at radius 1 is 1.02 bits per heavy atom. The van der Waals surface area contributed by atoms with Crippen LogP contribution in [0.1, 0.15) is 77.3 Å². The van der Waals surface area contributed by atoms with Crippen LogP contribution in [-0.2, 0) is 16.4 Å². The van der Waals surface area contributed by atoms with Crippen LogP contribution in [0, 0.1) is 21.4 Å². The Balaban J connectivity index is 1.22. The van der Waals surface area contributed by atoms with Gasteiger partial charge in [0.15, 0.2) is 0 Å². The number of nitro groups is 1. The number of nitro benzene ring substituents is 1. The van der Waals surface area contributed by atoms with Gasteiger partial charge in [-0.2, -0.15) is 13.2 Å². The number of piperidine rings is 1. The van der Waals surface area contributed by atoms with Gasteiger partial charge in [-0.15, -0.1) is 0 Å². The molecule has 2 aliphatic rings. The minimum Gasteiger partial charge on any atom is -0.382 e. The predicted octanol–water partition coefficient (Wildman–Crippen LogP) is 7.30. The van der Waals surface area contributed by atoms with Crippen LogP contribution in [0.15, 0.2) is 42.5 Å². The Hall–Kier alpha value is -3.30. The van der Waals surface area contributed by atoms with Crippen LogP contribution in [0.2, 0.25) is 0 Å². The average molecular weight is 575 g/mol. The number of halogens is 3. The second-order valence-corrected chi connectivity index (χ2v) is 12.9. The standard InChI is InChI=1S/C31H41F3N4O3/c1-29(2,3)22-7-12-25(13-8-22)37-17-15-30(4,16-18-37)28(39)35-20-21-5-9-23(10-6-21)36-24-11-14-27(38(40)41)26(19-24)31(32,33)34/h7-8,11-14,19,21,23,36H,5-6,9-10,15-18,20H2,1-4H3,(H,35,39)/t21-,23-. The van der Waals surface area contributed by atoms with Crippen molar-refractivity contribution in [2.24, 2.45) is 11.3 Å². The molecule has 2 aromatic rings. The summed E-state index contributed by atoms with van der Waals surface area (Å²) in [7, 11) is 0. The lowest BCUT2D eigenvalue weighted by atomic mass is 9.79. The molecule has 1 aliphatic heterocycles. The number of nitrogens with one attached hydrogen (secondary N) is 2. The second kappa shape index (κ2) is 11.9. The molecule has 4 rings (SSSR count). The van der Waals surface area contributed by atoms with Gasteiger partial charge < -0.3 is 15.5 Å². The number of alkyl halides is 3. The molecule has 0 aromatic heterocycles. The first-order valence-electron chi connectivity index (χ1n) is 14.4. The highest BCUT2D eigenvalue weighted by molar-refractivity contribution is 5.82. The normalized spacial score (nSPS) is 21.3. The molecule has 224 valence electrons. The second-order valence-electron chi connectivity index (χ2n) is 12.9. The summed E-state index contributed by atoms with van der Waals surface area (Å²) < 4.78 is 39.9. The summed E-state index contributed by atoms with van der Waals surface area (Å²) in [5.74, 6) is 0.399. The molecular weight excluding hydrogens is 533 g/mol. The zero-order chi connectivity index (χ0) is 30.0. The van der Waals surface area contributed by atoms with E-state index in [0.717, 1.165) is 63.7 Å². The quantitative estimate of drug-likeness (QED) is 0.268. The molecule has 0 radical (unpaired) electrons. The average Bonchev–Trinajstić information content (AvgIpc) is 2.92. The maximum atomic E-state index is 13.3. The maximum absolute atomic E-state index is 13.3. The molecule has 1 amide bonds. The first kappa shape index (κ1) is 30.7. The van der Waals surface area contributed by atoms with Crippen molar-refractivity contribution in [2.45, 2.75) is 83.9 Å². The smallest absolute Gasteiger partial charge is 0.382 e. The van der Waals surface area contributed by atoms with Gasteiger partial charge in [-0.1, -0.05) is 39.8 Å². The highest BCUT2D eigenvalue weighted by atomic mass is 19.4. The van der Waals surface area contributed by atoms with Gasteiger partial charge >= 0.3 is 6.18 Å². The van der Waals surface area contributed by atoms with Gasteiger partial charge in [0.2, 0.25) is 5.91 Å². The number of rotatable bonds is 7. The fourth-order valence-electron chi connectivity index (χ4n) is 5.87. The van der Waals surface area contributed by atoms with Crippen LogP contribution in [0.5, 0.6) is 0 Å². The van der Waals surface area contributed by atoms with Gasteiger partial charge in [0.25, 0.3) is 5.69 Å². The maximum Gasteiger partial charge on any atom is 0.423 e. The first-order chi connectivity index (χ1) is 19.2. The molecule has 0 bridgehead atoms. The summed E-state index contributed by atoms with van der Waals surface area (Å²) >= 11 is 0. The Morgan fingerprint density at radius 2 is 1.63 bits per heavy atom. The third-order valence-electron chi connectivity index (χ3n) is 8.78. The molecule has 7 nitrogen and oxygen atoms in total. The lowest BCUT2D eigenvalue weighted by molar-refractivity contribution is -0.388. The van der Waals surface area contributed by atoms with Crippen molar-refractivity contribution in [3.05, 3.63) is 63.7 Å². The Morgan fingerprint density at radius 3 is 2.17 bits per heavy atom. The van der Waals surface area contributed by atoms with Crippen LogP contribution in [0.25, 0.3) is 0 Å². The van der Waals surface area contributed by atoms with Gasteiger partial charge in [-0.3, -0.25) is 14.9 Å². The number of anilines is 2. The first-order valence-corrected chi connectivity index (χ1v) is 14.4. The van der Waals surface area contributed by atoms with Crippen LogP contribution in [-0.4, -0.2) is 36.5 Å².